The molecule has 158 valence electrons. The van der Waals surface area contributed by atoms with Gasteiger partial charge in [0.05, 0.1) is 5.56 Å². The Bertz CT molecular complexity index is 1290. The van der Waals surface area contributed by atoms with Gasteiger partial charge in [-0.25, -0.2) is 13.2 Å². The molecule has 4 rings (SSSR count). The molecule has 4 aromatic carbocycles. The first-order chi connectivity index (χ1) is 14.7. The lowest BCUT2D eigenvalue weighted by Gasteiger charge is -2.12. The fraction of sp³-hybridized carbons (Fsp3) is 0.120. The summed E-state index contributed by atoms with van der Waals surface area (Å²) in [6.07, 6.45) is -4.02. The lowest BCUT2D eigenvalue weighted by Crippen LogP contribution is -2.07. The summed E-state index contributed by atoms with van der Waals surface area (Å²) in [5.41, 5.74) is -0.00393. The lowest BCUT2D eigenvalue weighted by molar-refractivity contribution is -0.139. The van der Waals surface area contributed by atoms with Crippen molar-refractivity contribution in [2.75, 3.05) is 0 Å². The first kappa shape index (κ1) is 21.0. The highest BCUT2D eigenvalue weighted by atomic mass is 19.4. The quantitative estimate of drug-likeness (QED) is 0.288. The van der Waals surface area contributed by atoms with Crippen molar-refractivity contribution in [2.24, 2.45) is 0 Å². The van der Waals surface area contributed by atoms with E-state index in [0.717, 1.165) is 29.5 Å². The fourth-order valence-corrected chi connectivity index (χ4v) is 3.61. The maximum Gasteiger partial charge on any atom is 0.419 e. The van der Waals surface area contributed by atoms with Gasteiger partial charge in [-0.15, -0.1) is 0 Å². The number of benzene rings is 4. The molecule has 0 saturated carbocycles. The van der Waals surface area contributed by atoms with Crippen molar-refractivity contribution in [3.8, 4) is 22.3 Å². The zero-order valence-corrected chi connectivity index (χ0v) is 16.3. The Hall–Kier alpha value is -3.28. The van der Waals surface area contributed by atoms with Crippen LogP contribution >= 0.6 is 0 Å². The van der Waals surface area contributed by atoms with E-state index in [9.17, 15) is 22.0 Å². The normalized spacial score (nSPS) is 11.8. The molecule has 0 aliphatic rings. The molecule has 0 radical (unpaired) electrons. The summed E-state index contributed by atoms with van der Waals surface area (Å²) in [5.74, 6) is -2.77. The minimum absolute atomic E-state index is 0.0411. The van der Waals surface area contributed by atoms with Gasteiger partial charge >= 0.3 is 6.18 Å². The van der Waals surface area contributed by atoms with Gasteiger partial charge in [-0.1, -0.05) is 55.5 Å². The highest BCUT2D eigenvalue weighted by Gasteiger charge is 2.34. The standard InChI is InChI=1S/C25H16F6/c1-2-14-3-7-19-15(11-14)5-9-20(24(19)28)17-4-8-18(22(26)12-17)16-6-10-21(23(27)13-16)25(29,30)31/h3-13H,2H2,1H3. The van der Waals surface area contributed by atoms with Crippen LogP contribution in [0, 0.1) is 17.5 Å². The van der Waals surface area contributed by atoms with Crippen LogP contribution in [0.5, 0.6) is 0 Å². The van der Waals surface area contributed by atoms with E-state index in [1.807, 2.05) is 19.1 Å². The lowest BCUT2D eigenvalue weighted by atomic mass is 9.96. The van der Waals surface area contributed by atoms with Gasteiger partial charge in [0.1, 0.15) is 17.5 Å². The summed E-state index contributed by atoms with van der Waals surface area (Å²) in [4.78, 5) is 0. The largest absolute Gasteiger partial charge is 0.419 e. The topological polar surface area (TPSA) is 0 Å². The molecule has 0 aliphatic heterocycles. The smallest absolute Gasteiger partial charge is 0.206 e. The van der Waals surface area contributed by atoms with Gasteiger partial charge in [-0.05, 0) is 46.7 Å². The molecule has 0 N–H and O–H groups in total. The van der Waals surface area contributed by atoms with Gasteiger partial charge in [0.25, 0.3) is 0 Å². The third-order valence-electron chi connectivity index (χ3n) is 5.29. The summed E-state index contributed by atoms with van der Waals surface area (Å²) < 4.78 is 81.9. The zero-order chi connectivity index (χ0) is 22.3. The molecule has 0 unspecified atom stereocenters. The molecule has 31 heavy (non-hydrogen) atoms. The van der Waals surface area contributed by atoms with E-state index in [1.54, 1.807) is 18.2 Å². The van der Waals surface area contributed by atoms with Crippen molar-refractivity contribution >= 4 is 10.8 Å². The van der Waals surface area contributed by atoms with E-state index >= 15 is 4.39 Å². The van der Waals surface area contributed by atoms with Crippen molar-refractivity contribution < 1.29 is 26.3 Å². The molecular formula is C25H16F6. The number of fused-ring (bicyclic) bond motifs is 1. The second-order valence-electron chi connectivity index (χ2n) is 7.22. The maximum absolute atomic E-state index is 15.1. The van der Waals surface area contributed by atoms with E-state index in [-0.39, 0.29) is 22.3 Å². The SMILES string of the molecule is CCc1ccc2c(F)c(-c3ccc(-c4ccc(C(F)(F)F)c(F)c4)c(F)c3)ccc2c1. The molecule has 0 heterocycles. The van der Waals surface area contributed by atoms with Crippen LogP contribution in [0.2, 0.25) is 0 Å². The van der Waals surface area contributed by atoms with E-state index in [1.165, 1.54) is 12.1 Å². The summed E-state index contributed by atoms with van der Waals surface area (Å²) in [5, 5.41) is 1.14. The molecular weight excluding hydrogens is 414 g/mol. The van der Waals surface area contributed by atoms with Crippen molar-refractivity contribution in [2.45, 2.75) is 19.5 Å². The predicted octanol–water partition coefficient (Wildman–Crippen LogP) is 8.17. The van der Waals surface area contributed by atoms with Gasteiger partial charge < -0.3 is 0 Å². The molecule has 0 aliphatic carbocycles. The van der Waals surface area contributed by atoms with Crippen LogP contribution in [-0.4, -0.2) is 0 Å². The third kappa shape index (κ3) is 3.90. The van der Waals surface area contributed by atoms with E-state index in [4.69, 9.17) is 0 Å². The highest BCUT2D eigenvalue weighted by molar-refractivity contribution is 5.89. The van der Waals surface area contributed by atoms with Crippen molar-refractivity contribution in [3.05, 3.63) is 95.3 Å². The molecule has 6 heteroatoms. The molecule has 0 spiro atoms. The average molecular weight is 430 g/mol. The fourth-order valence-electron chi connectivity index (χ4n) is 3.61. The number of hydrogen-bond acceptors (Lipinski definition) is 0. The summed E-state index contributed by atoms with van der Waals surface area (Å²) in [7, 11) is 0. The summed E-state index contributed by atoms with van der Waals surface area (Å²) >= 11 is 0. The minimum Gasteiger partial charge on any atom is -0.206 e. The molecule has 4 aromatic rings. The van der Waals surface area contributed by atoms with Gasteiger partial charge in [-0.3, -0.25) is 0 Å². The zero-order valence-electron chi connectivity index (χ0n) is 16.3. The first-order valence-electron chi connectivity index (χ1n) is 9.57. The number of alkyl halides is 3. The number of hydrogen-bond donors (Lipinski definition) is 0. The second-order valence-corrected chi connectivity index (χ2v) is 7.22. The van der Waals surface area contributed by atoms with Crippen LogP contribution in [-0.2, 0) is 12.6 Å². The predicted molar refractivity (Wildman–Crippen MR) is 109 cm³/mol. The van der Waals surface area contributed by atoms with Gasteiger partial charge in [0.15, 0.2) is 0 Å². The first-order valence-corrected chi connectivity index (χ1v) is 9.57. The summed E-state index contributed by atoms with van der Waals surface area (Å²) in [6.45, 7) is 2.00. The Morgan fingerprint density at radius 2 is 1.32 bits per heavy atom. The molecule has 0 saturated heterocycles. The number of aryl methyl sites for hydroxylation is 1. The third-order valence-corrected chi connectivity index (χ3v) is 5.29. The molecule has 0 amide bonds. The van der Waals surface area contributed by atoms with Gasteiger partial charge in [0, 0.05) is 16.5 Å². The van der Waals surface area contributed by atoms with Crippen LogP contribution in [0.3, 0.4) is 0 Å². The van der Waals surface area contributed by atoms with Crippen LogP contribution in [0.15, 0.2) is 66.7 Å². The monoisotopic (exact) mass is 430 g/mol. The molecule has 0 nitrogen and oxygen atoms in total. The molecule has 0 fully saturated rings. The highest BCUT2D eigenvalue weighted by Crippen LogP contribution is 2.36. The Labute approximate surface area is 174 Å². The van der Waals surface area contributed by atoms with Crippen LogP contribution in [0.4, 0.5) is 26.3 Å². The molecule has 0 aromatic heterocycles. The number of halogens is 6. The Morgan fingerprint density at radius 1 is 0.677 bits per heavy atom. The van der Waals surface area contributed by atoms with Gasteiger partial charge in [0.2, 0.25) is 0 Å². The van der Waals surface area contributed by atoms with Gasteiger partial charge in [-0.2, -0.15) is 13.2 Å². The Morgan fingerprint density at radius 3 is 1.97 bits per heavy atom. The van der Waals surface area contributed by atoms with Crippen LogP contribution < -0.4 is 0 Å². The second kappa shape index (κ2) is 7.76. The van der Waals surface area contributed by atoms with Crippen LogP contribution in [0.1, 0.15) is 18.1 Å². The number of rotatable bonds is 3. The summed E-state index contributed by atoms with van der Waals surface area (Å²) in [6, 6.07) is 14.8. The maximum atomic E-state index is 15.1. The molecule has 0 bridgehead atoms. The van der Waals surface area contributed by atoms with Crippen LogP contribution in [0.25, 0.3) is 33.0 Å². The van der Waals surface area contributed by atoms with E-state index < -0.39 is 29.2 Å². The average Bonchev–Trinajstić information content (AvgIpc) is 2.72. The Balaban J connectivity index is 1.74. The molecule has 0 atom stereocenters. The van der Waals surface area contributed by atoms with Crippen molar-refractivity contribution in [1.82, 2.24) is 0 Å². The van der Waals surface area contributed by atoms with E-state index in [2.05, 4.69) is 0 Å². The minimum atomic E-state index is -4.84. The van der Waals surface area contributed by atoms with E-state index in [0.29, 0.717) is 17.5 Å². The van der Waals surface area contributed by atoms with Crippen molar-refractivity contribution in [3.63, 3.8) is 0 Å². The Kier molecular flexibility index (Phi) is 5.25. The van der Waals surface area contributed by atoms with Crippen molar-refractivity contribution in [1.29, 1.82) is 0 Å².